The summed E-state index contributed by atoms with van der Waals surface area (Å²) in [5, 5.41) is 3.16. The molecule has 1 aliphatic rings. The highest BCUT2D eigenvalue weighted by Crippen LogP contribution is 2.24. The van der Waals surface area contributed by atoms with Gasteiger partial charge < -0.3 is 14.6 Å². The summed E-state index contributed by atoms with van der Waals surface area (Å²) in [4.78, 5) is 28.3. The van der Waals surface area contributed by atoms with Crippen LogP contribution in [0.1, 0.15) is 18.7 Å². The number of imidazole rings is 1. The Balaban J connectivity index is 1.48. The van der Waals surface area contributed by atoms with Gasteiger partial charge in [-0.2, -0.15) is 4.31 Å². The maximum absolute atomic E-state index is 12.7. The van der Waals surface area contributed by atoms with E-state index in [1.807, 2.05) is 0 Å². The van der Waals surface area contributed by atoms with Gasteiger partial charge in [-0.25, -0.2) is 13.4 Å². The quantitative estimate of drug-likeness (QED) is 0.668. The lowest BCUT2D eigenvalue weighted by molar-refractivity contribution is -0.152. The number of carbonyl (C=O) groups excluding carboxylic acids is 2. The Bertz CT molecular complexity index is 1010. The fourth-order valence-corrected chi connectivity index (χ4v) is 4.72. The number of sulfonamides is 1. The van der Waals surface area contributed by atoms with E-state index < -0.39 is 34.4 Å². The van der Waals surface area contributed by atoms with Gasteiger partial charge in [-0.3, -0.25) is 9.59 Å². The maximum atomic E-state index is 12.7. The van der Waals surface area contributed by atoms with Gasteiger partial charge in [0.2, 0.25) is 0 Å². The van der Waals surface area contributed by atoms with Crippen molar-refractivity contribution in [3.05, 3.63) is 41.3 Å². The molecule has 30 heavy (non-hydrogen) atoms. The SMILES string of the molecule is Cc1nc(S(=O)(=O)N2CCC(C(=O)OCC(=O)Nc3ccc(Cl)cc3)CC2)cn1C. The van der Waals surface area contributed by atoms with E-state index >= 15 is 0 Å². The molecular weight excluding hydrogens is 432 g/mol. The van der Waals surface area contributed by atoms with Gasteiger partial charge in [-0.15, -0.1) is 0 Å². The van der Waals surface area contributed by atoms with Gasteiger partial charge in [-0.1, -0.05) is 11.6 Å². The van der Waals surface area contributed by atoms with Gasteiger partial charge in [0.05, 0.1) is 5.92 Å². The van der Waals surface area contributed by atoms with E-state index in [0.29, 0.717) is 29.4 Å². The summed E-state index contributed by atoms with van der Waals surface area (Å²) in [7, 11) is -1.97. The third-order valence-corrected chi connectivity index (χ3v) is 6.97. The summed E-state index contributed by atoms with van der Waals surface area (Å²) in [5.74, 6) is -0.822. The molecule has 0 bridgehead atoms. The van der Waals surface area contributed by atoms with Gasteiger partial charge in [0.25, 0.3) is 15.9 Å². The maximum Gasteiger partial charge on any atom is 0.309 e. The summed E-state index contributed by atoms with van der Waals surface area (Å²) in [5.41, 5.74) is 0.545. The number of esters is 1. The molecule has 0 spiro atoms. The monoisotopic (exact) mass is 454 g/mol. The predicted molar refractivity (Wildman–Crippen MR) is 110 cm³/mol. The highest BCUT2D eigenvalue weighted by Gasteiger charge is 2.34. The summed E-state index contributed by atoms with van der Waals surface area (Å²) in [6.07, 6.45) is 2.12. The van der Waals surface area contributed by atoms with Crippen LogP contribution < -0.4 is 5.32 Å². The topological polar surface area (TPSA) is 111 Å². The van der Waals surface area contributed by atoms with Crippen LogP contribution in [0.4, 0.5) is 5.69 Å². The Morgan fingerprint density at radius 1 is 1.23 bits per heavy atom. The first-order valence-electron chi connectivity index (χ1n) is 9.39. The molecule has 2 heterocycles. The number of ether oxygens (including phenoxy) is 1. The van der Waals surface area contributed by atoms with Crippen LogP contribution in [-0.4, -0.2) is 53.8 Å². The van der Waals surface area contributed by atoms with E-state index in [9.17, 15) is 18.0 Å². The number of nitrogens with zero attached hydrogens (tertiary/aromatic N) is 3. The molecular formula is C19H23ClN4O5S. The molecule has 162 valence electrons. The van der Waals surface area contributed by atoms with Crippen LogP contribution in [0, 0.1) is 12.8 Å². The Kier molecular flexibility index (Phi) is 6.79. The zero-order valence-electron chi connectivity index (χ0n) is 16.7. The van der Waals surface area contributed by atoms with Crippen molar-refractivity contribution in [3.63, 3.8) is 0 Å². The number of hydrogen-bond donors (Lipinski definition) is 1. The second kappa shape index (κ2) is 9.15. The minimum Gasteiger partial charge on any atom is -0.455 e. The van der Waals surface area contributed by atoms with Crippen LogP contribution >= 0.6 is 11.6 Å². The molecule has 0 saturated carbocycles. The van der Waals surface area contributed by atoms with Gasteiger partial charge >= 0.3 is 5.97 Å². The van der Waals surface area contributed by atoms with Crippen molar-refractivity contribution in [1.82, 2.24) is 13.9 Å². The van der Waals surface area contributed by atoms with Crippen molar-refractivity contribution in [3.8, 4) is 0 Å². The Hall–Kier alpha value is -2.43. The van der Waals surface area contributed by atoms with E-state index in [1.54, 1.807) is 42.8 Å². The summed E-state index contributed by atoms with van der Waals surface area (Å²) >= 11 is 5.79. The van der Waals surface area contributed by atoms with Crippen molar-refractivity contribution in [1.29, 1.82) is 0 Å². The summed E-state index contributed by atoms with van der Waals surface area (Å²) in [6, 6.07) is 6.55. The average molecular weight is 455 g/mol. The molecule has 1 saturated heterocycles. The second-order valence-corrected chi connectivity index (χ2v) is 9.40. The Morgan fingerprint density at radius 2 is 1.87 bits per heavy atom. The molecule has 1 N–H and O–H groups in total. The fourth-order valence-electron chi connectivity index (χ4n) is 3.10. The number of benzene rings is 1. The number of piperidine rings is 1. The van der Waals surface area contributed by atoms with Crippen LogP contribution in [0.15, 0.2) is 35.5 Å². The number of rotatable bonds is 6. The molecule has 0 atom stereocenters. The number of amides is 1. The molecule has 1 amide bonds. The molecule has 3 rings (SSSR count). The standard InChI is InChI=1S/C19H23ClN4O5S/c1-13-21-18(11-23(13)2)30(27,28)24-9-7-14(8-10-24)19(26)29-12-17(25)22-16-5-3-15(20)4-6-16/h3-6,11,14H,7-10,12H2,1-2H3,(H,22,25). The van der Waals surface area contributed by atoms with E-state index in [1.165, 1.54) is 10.5 Å². The van der Waals surface area contributed by atoms with Gasteiger partial charge in [0, 0.05) is 37.0 Å². The number of halogens is 1. The molecule has 1 aromatic heterocycles. The number of hydrogen-bond acceptors (Lipinski definition) is 6. The fraction of sp³-hybridized carbons (Fsp3) is 0.421. The number of nitrogens with one attached hydrogen (secondary N) is 1. The Morgan fingerprint density at radius 3 is 2.43 bits per heavy atom. The summed E-state index contributed by atoms with van der Waals surface area (Å²) in [6.45, 7) is 1.70. The number of anilines is 1. The first-order valence-corrected chi connectivity index (χ1v) is 11.2. The smallest absolute Gasteiger partial charge is 0.309 e. The molecule has 1 aromatic carbocycles. The zero-order valence-corrected chi connectivity index (χ0v) is 18.2. The van der Waals surface area contributed by atoms with E-state index in [4.69, 9.17) is 16.3 Å². The third-order valence-electron chi connectivity index (χ3n) is 4.95. The number of aromatic nitrogens is 2. The van der Waals surface area contributed by atoms with Gasteiger partial charge in [0.1, 0.15) is 5.82 Å². The average Bonchev–Trinajstić information content (AvgIpc) is 3.07. The summed E-state index contributed by atoms with van der Waals surface area (Å²) < 4.78 is 33.5. The minimum atomic E-state index is -3.70. The van der Waals surface area contributed by atoms with Gasteiger partial charge in [0.15, 0.2) is 11.6 Å². The molecule has 1 fully saturated rings. The van der Waals surface area contributed by atoms with Crippen molar-refractivity contribution in [2.24, 2.45) is 13.0 Å². The first-order chi connectivity index (χ1) is 14.2. The van der Waals surface area contributed by atoms with E-state index in [-0.39, 0.29) is 18.1 Å². The van der Waals surface area contributed by atoms with Crippen molar-refractivity contribution < 1.29 is 22.7 Å². The molecule has 1 aliphatic heterocycles. The number of aryl methyl sites for hydroxylation is 2. The lowest BCUT2D eigenvalue weighted by Gasteiger charge is -2.29. The molecule has 0 radical (unpaired) electrons. The normalized spacial score (nSPS) is 15.7. The highest BCUT2D eigenvalue weighted by molar-refractivity contribution is 7.89. The van der Waals surface area contributed by atoms with Crippen LogP contribution in [0.3, 0.4) is 0 Å². The van der Waals surface area contributed by atoms with Crippen molar-refractivity contribution in [2.75, 3.05) is 25.0 Å². The first kappa shape index (κ1) is 22.3. The van der Waals surface area contributed by atoms with Crippen LogP contribution in [-0.2, 0) is 31.4 Å². The zero-order chi connectivity index (χ0) is 21.9. The largest absolute Gasteiger partial charge is 0.455 e. The second-order valence-electron chi connectivity index (χ2n) is 7.08. The Labute approximate surface area is 180 Å². The lowest BCUT2D eigenvalue weighted by atomic mass is 9.98. The number of carbonyl (C=O) groups is 2. The molecule has 0 aliphatic carbocycles. The van der Waals surface area contributed by atoms with Gasteiger partial charge in [-0.05, 0) is 44.0 Å². The third kappa shape index (κ3) is 5.18. The molecule has 11 heteroatoms. The van der Waals surface area contributed by atoms with Crippen LogP contribution in [0.5, 0.6) is 0 Å². The van der Waals surface area contributed by atoms with E-state index in [2.05, 4.69) is 10.3 Å². The van der Waals surface area contributed by atoms with E-state index in [0.717, 1.165) is 0 Å². The molecule has 0 unspecified atom stereocenters. The molecule has 9 nitrogen and oxygen atoms in total. The lowest BCUT2D eigenvalue weighted by Crippen LogP contribution is -2.41. The molecule has 2 aromatic rings. The van der Waals surface area contributed by atoms with Crippen molar-refractivity contribution >= 4 is 39.2 Å². The predicted octanol–water partition coefficient (Wildman–Crippen LogP) is 1.96. The van der Waals surface area contributed by atoms with Crippen LogP contribution in [0.2, 0.25) is 5.02 Å². The minimum absolute atomic E-state index is 0.00222. The van der Waals surface area contributed by atoms with Crippen LogP contribution in [0.25, 0.3) is 0 Å². The highest BCUT2D eigenvalue weighted by atomic mass is 35.5. The van der Waals surface area contributed by atoms with Crippen molar-refractivity contribution in [2.45, 2.75) is 24.8 Å².